The van der Waals surface area contributed by atoms with E-state index >= 15 is 0 Å². The Labute approximate surface area is 167 Å². The minimum atomic E-state index is -1.08. The van der Waals surface area contributed by atoms with Crippen LogP contribution >= 0.6 is 23.2 Å². The molecule has 7 heteroatoms. The summed E-state index contributed by atoms with van der Waals surface area (Å²) < 4.78 is 0. The topological polar surface area (TPSA) is 77.4 Å². The van der Waals surface area contributed by atoms with E-state index in [1.54, 1.807) is 6.07 Å². The minimum Gasteiger partial charge on any atom is -0.550 e. The van der Waals surface area contributed by atoms with Gasteiger partial charge in [-0.05, 0) is 18.6 Å². The summed E-state index contributed by atoms with van der Waals surface area (Å²) in [5, 5.41) is 17.5. The Morgan fingerprint density at radius 2 is 1.39 bits per heavy atom. The summed E-state index contributed by atoms with van der Waals surface area (Å²) in [5.74, 6) is -1.92. The zero-order valence-corrected chi connectivity index (χ0v) is 16.6. The van der Waals surface area contributed by atoms with Gasteiger partial charge < -0.3 is 15.0 Å². The maximum absolute atomic E-state index is 9.00. The smallest absolute Gasteiger partial charge is 0.550 e. The van der Waals surface area contributed by atoms with Gasteiger partial charge in [0.1, 0.15) is 0 Å². The molecule has 2 aromatic carbocycles. The monoisotopic (exact) mass is 364 g/mol. The second-order valence-electron chi connectivity index (χ2n) is 3.98. The number of rotatable bonds is 1. The predicted molar refractivity (Wildman–Crippen MR) is 85.9 cm³/mol. The standard InChI is InChI=1S/C12H8Cl2.2C2H4O2.Na/c13-11-8-4-7-10(12(11)14)9-5-2-1-3-6-9;2*1-2(3)4;/h1-8H;2*1H3,(H,3,4);/q;;;+1/p-1. The number of carboxylic acids is 2. The van der Waals surface area contributed by atoms with Crippen molar-refractivity contribution in [3.8, 4) is 11.1 Å². The normalized spacial score (nSPS) is 8.35. The van der Waals surface area contributed by atoms with Crippen LogP contribution < -0.4 is 34.7 Å². The molecule has 4 nitrogen and oxygen atoms in total. The second kappa shape index (κ2) is 13.4. The summed E-state index contributed by atoms with van der Waals surface area (Å²) in [4.78, 5) is 17.9. The molecule has 0 aliphatic rings. The Morgan fingerprint density at radius 3 is 1.83 bits per heavy atom. The molecule has 0 spiro atoms. The molecule has 0 bridgehead atoms. The van der Waals surface area contributed by atoms with E-state index < -0.39 is 11.9 Å². The van der Waals surface area contributed by atoms with Gasteiger partial charge in [-0.1, -0.05) is 65.7 Å². The Bertz CT molecular complexity index is 599. The molecule has 2 aromatic rings. The van der Waals surface area contributed by atoms with E-state index in [1.807, 2.05) is 42.5 Å². The molecule has 0 aromatic heterocycles. The Balaban J connectivity index is 0. The van der Waals surface area contributed by atoms with Gasteiger partial charge in [0.25, 0.3) is 5.97 Å². The van der Waals surface area contributed by atoms with Crippen molar-refractivity contribution in [3.63, 3.8) is 0 Å². The van der Waals surface area contributed by atoms with Gasteiger partial charge in [0.05, 0.1) is 10.0 Å². The van der Waals surface area contributed by atoms with Gasteiger partial charge in [-0.15, -0.1) is 0 Å². The van der Waals surface area contributed by atoms with Crippen molar-refractivity contribution in [3.05, 3.63) is 58.6 Å². The molecule has 0 unspecified atom stereocenters. The molecule has 0 radical (unpaired) electrons. The molecule has 23 heavy (non-hydrogen) atoms. The Morgan fingerprint density at radius 1 is 0.957 bits per heavy atom. The second-order valence-corrected chi connectivity index (χ2v) is 4.76. The molecule has 0 heterocycles. The molecule has 2 rings (SSSR count). The Hall–Kier alpha value is -1.04. The zero-order chi connectivity index (χ0) is 17.1. The SMILES string of the molecule is CC(=O)O.CC(=O)[O-].Clc1cccc(-c2ccccc2)c1Cl.[Na+]. The summed E-state index contributed by atoms with van der Waals surface area (Å²) in [7, 11) is 0. The molecule has 0 fully saturated rings. The maximum Gasteiger partial charge on any atom is 1.00 e. The average Bonchev–Trinajstić information content (AvgIpc) is 2.42. The third-order valence-electron chi connectivity index (χ3n) is 2.04. The van der Waals surface area contributed by atoms with Gasteiger partial charge in [0, 0.05) is 18.5 Å². The number of aliphatic carboxylic acids is 2. The van der Waals surface area contributed by atoms with Crippen LogP contribution in [0.4, 0.5) is 0 Å². The van der Waals surface area contributed by atoms with Crippen LogP contribution in [0.5, 0.6) is 0 Å². The van der Waals surface area contributed by atoms with Gasteiger partial charge in [0.15, 0.2) is 0 Å². The van der Waals surface area contributed by atoms with Crippen LogP contribution in [0.2, 0.25) is 10.0 Å². The number of hydrogen-bond donors (Lipinski definition) is 1. The third-order valence-corrected chi connectivity index (χ3v) is 2.86. The first kappa shape index (κ1) is 24.2. The zero-order valence-electron chi connectivity index (χ0n) is 13.0. The fraction of sp³-hybridized carbons (Fsp3) is 0.125. The van der Waals surface area contributed by atoms with E-state index in [2.05, 4.69) is 0 Å². The van der Waals surface area contributed by atoms with E-state index in [0.717, 1.165) is 25.0 Å². The van der Waals surface area contributed by atoms with Gasteiger partial charge in [-0.3, -0.25) is 4.79 Å². The van der Waals surface area contributed by atoms with Gasteiger partial charge >= 0.3 is 29.6 Å². The molecule has 0 atom stereocenters. The van der Waals surface area contributed by atoms with Crippen LogP contribution in [-0.2, 0) is 9.59 Å². The Kier molecular flexibility index (Phi) is 14.1. The van der Waals surface area contributed by atoms with Gasteiger partial charge in [0.2, 0.25) is 0 Å². The summed E-state index contributed by atoms with van der Waals surface area (Å²) >= 11 is 12.0. The maximum atomic E-state index is 9.00. The number of benzene rings is 2. The fourth-order valence-electron chi connectivity index (χ4n) is 1.34. The van der Waals surface area contributed by atoms with Crippen molar-refractivity contribution in [2.75, 3.05) is 0 Å². The van der Waals surface area contributed by atoms with Crippen molar-refractivity contribution in [1.29, 1.82) is 0 Å². The number of carbonyl (C=O) groups is 2. The van der Waals surface area contributed by atoms with Crippen LogP contribution in [0.3, 0.4) is 0 Å². The summed E-state index contributed by atoms with van der Waals surface area (Å²) in [6.45, 7) is 2.06. The molecule has 0 saturated heterocycles. The molecular weight excluding hydrogens is 350 g/mol. The van der Waals surface area contributed by atoms with E-state index in [0.29, 0.717) is 10.0 Å². The first-order valence-corrected chi connectivity index (χ1v) is 6.87. The number of carbonyl (C=O) groups excluding carboxylic acids is 1. The molecule has 0 aliphatic heterocycles. The molecule has 0 saturated carbocycles. The van der Waals surface area contributed by atoms with Crippen LogP contribution in [0.15, 0.2) is 48.5 Å². The van der Waals surface area contributed by atoms with Crippen molar-refractivity contribution < 1.29 is 49.4 Å². The van der Waals surface area contributed by atoms with E-state index in [9.17, 15) is 0 Å². The minimum absolute atomic E-state index is 0. The van der Waals surface area contributed by atoms with Crippen molar-refractivity contribution >= 4 is 35.1 Å². The first-order chi connectivity index (χ1) is 10.3. The van der Waals surface area contributed by atoms with Crippen LogP contribution in [0.1, 0.15) is 13.8 Å². The van der Waals surface area contributed by atoms with Gasteiger partial charge in [-0.2, -0.15) is 0 Å². The molecule has 1 N–H and O–H groups in total. The number of hydrogen-bond acceptors (Lipinski definition) is 3. The quantitative estimate of drug-likeness (QED) is 0.748. The summed E-state index contributed by atoms with van der Waals surface area (Å²) in [6.07, 6.45) is 0. The van der Waals surface area contributed by atoms with Crippen molar-refractivity contribution in [2.45, 2.75) is 13.8 Å². The van der Waals surface area contributed by atoms with Gasteiger partial charge in [-0.25, -0.2) is 0 Å². The van der Waals surface area contributed by atoms with Crippen LogP contribution in [0, 0.1) is 0 Å². The molecule has 0 aliphatic carbocycles. The largest absolute Gasteiger partial charge is 1.00 e. The predicted octanol–water partition coefficient (Wildman–Crippen LogP) is 0.511. The molecule has 118 valence electrons. The average molecular weight is 365 g/mol. The van der Waals surface area contributed by atoms with E-state index in [-0.39, 0.29) is 29.6 Å². The van der Waals surface area contributed by atoms with Crippen molar-refractivity contribution in [1.82, 2.24) is 0 Å². The summed E-state index contributed by atoms with van der Waals surface area (Å²) in [5.41, 5.74) is 2.06. The summed E-state index contributed by atoms with van der Waals surface area (Å²) in [6, 6.07) is 15.6. The number of halogens is 2. The number of carboxylic acid groups (broad SMARTS) is 2. The molecular formula is C16H15Cl2NaO4. The van der Waals surface area contributed by atoms with Crippen molar-refractivity contribution in [2.24, 2.45) is 0 Å². The first-order valence-electron chi connectivity index (χ1n) is 6.12. The fourth-order valence-corrected chi connectivity index (χ4v) is 1.75. The molecule has 0 amide bonds. The van der Waals surface area contributed by atoms with Crippen LogP contribution in [0.25, 0.3) is 11.1 Å². The van der Waals surface area contributed by atoms with E-state index in [4.69, 9.17) is 43.0 Å². The van der Waals surface area contributed by atoms with E-state index in [1.165, 1.54) is 0 Å². The van der Waals surface area contributed by atoms with Crippen LogP contribution in [-0.4, -0.2) is 17.0 Å². The third kappa shape index (κ3) is 12.1.